The van der Waals surface area contributed by atoms with Gasteiger partial charge >= 0.3 is 0 Å². The summed E-state index contributed by atoms with van der Waals surface area (Å²) in [6.07, 6.45) is 2.63. The van der Waals surface area contributed by atoms with Gasteiger partial charge in [-0.15, -0.1) is 0 Å². The van der Waals surface area contributed by atoms with Crippen LogP contribution in [0.4, 0.5) is 0 Å². The molecule has 0 spiro atoms. The first-order chi connectivity index (χ1) is 11.7. The molecular formula is C17H19ClN4O2. The summed E-state index contributed by atoms with van der Waals surface area (Å²) in [6, 6.07) is 9.67. The van der Waals surface area contributed by atoms with E-state index in [-0.39, 0.29) is 6.79 Å². The molecule has 2 heterocycles. The normalized spacial score (nSPS) is 13.0. The van der Waals surface area contributed by atoms with Gasteiger partial charge < -0.3 is 20.1 Å². The molecule has 0 bridgehead atoms. The van der Waals surface area contributed by atoms with Gasteiger partial charge in [0, 0.05) is 26.3 Å². The van der Waals surface area contributed by atoms with Crippen LogP contribution in [0, 0.1) is 0 Å². The van der Waals surface area contributed by atoms with Crippen molar-refractivity contribution in [3.63, 3.8) is 0 Å². The summed E-state index contributed by atoms with van der Waals surface area (Å²) in [5.41, 5.74) is 2.22. The van der Waals surface area contributed by atoms with E-state index in [4.69, 9.17) is 21.1 Å². The molecule has 0 atom stereocenters. The van der Waals surface area contributed by atoms with E-state index in [0.717, 1.165) is 41.6 Å². The molecule has 24 heavy (non-hydrogen) atoms. The van der Waals surface area contributed by atoms with E-state index in [9.17, 15) is 0 Å². The van der Waals surface area contributed by atoms with Crippen molar-refractivity contribution in [2.75, 3.05) is 20.4 Å². The van der Waals surface area contributed by atoms with Crippen molar-refractivity contribution < 1.29 is 9.47 Å². The molecule has 1 aliphatic heterocycles. The number of ether oxygens (including phenoxy) is 2. The van der Waals surface area contributed by atoms with Gasteiger partial charge in [0.25, 0.3) is 0 Å². The third-order valence-corrected chi connectivity index (χ3v) is 3.84. The van der Waals surface area contributed by atoms with Gasteiger partial charge in [-0.1, -0.05) is 23.7 Å². The van der Waals surface area contributed by atoms with Gasteiger partial charge in [0.15, 0.2) is 17.5 Å². The molecule has 0 fully saturated rings. The third kappa shape index (κ3) is 4.29. The molecule has 0 saturated heterocycles. The Bertz CT molecular complexity index is 719. The lowest BCUT2D eigenvalue weighted by Crippen LogP contribution is -2.37. The number of rotatable bonds is 5. The van der Waals surface area contributed by atoms with Crippen LogP contribution in [0.1, 0.15) is 11.1 Å². The van der Waals surface area contributed by atoms with Gasteiger partial charge in [-0.3, -0.25) is 4.99 Å². The average Bonchev–Trinajstić information content (AvgIpc) is 3.07. The molecule has 2 aromatic rings. The lowest BCUT2D eigenvalue weighted by atomic mass is 10.2. The van der Waals surface area contributed by atoms with E-state index in [0.29, 0.717) is 11.7 Å². The predicted octanol–water partition coefficient (Wildman–Crippen LogP) is 2.37. The van der Waals surface area contributed by atoms with Crippen LogP contribution in [0.25, 0.3) is 0 Å². The lowest BCUT2D eigenvalue weighted by molar-refractivity contribution is 0.174. The molecule has 0 aliphatic carbocycles. The quantitative estimate of drug-likeness (QED) is 0.494. The van der Waals surface area contributed by atoms with Crippen molar-refractivity contribution in [2.24, 2.45) is 4.99 Å². The Morgan fingerprint density at radius 3 is 2.79 bits per heavy atom. The summed E-state index contributed by atoms with van der Waals surface area (Å²) in [7, 11) is 1.75. The monoisotopic (exact) mass is 346 g/mol. The summed E-state index contributed by atoms with van der Waals surface area (Å²) in [5, 5.41) is 7.06. The summed E-state index contributed by atoms with van der Waals surface area (Å²) >= 11 is 5.78. The largest absolute Gasteiger partial charge is 0.454 e. The zero-order valence-corrected chi connectivity index (χ0v) is 14.1. The van der Waals surface area contributed by atoms with E-state index in [1.54, 1.807) is 19.3 Å². The minimum absolute atomic E-state index is 0.287. The highest BCUT2D eigenvalue weighted by Crippen LogP contribution is 2.32. The van der Waals surface area contributed by atoms with Crippen LogP contribution < -0.4 is 20.1 Å². The molecule has 0 radical (unpaired) electrons. The number of benzene rings is 1. The van der Waals surface area contributed by atoms with Crippen LogP contribution in [0.2, 0.25) is 5.15 Å². The van der Waals surface area contributed by atoms with Gasteiger partial charge in [-0.2, -0.15) is 0 Å². The number of hydrogen-bond acceptors (Lipinski definition) is 4. The SMILES string of the molecule is CN=C(NCCc1ccc(Cl)nc1)NCc1ccc2c(c1)OCO2. The number of nitrogens with zero attached hydrogens (tertiary/aromatic N) is 2. The van der Waals surface area contributed by atoms with Crippen LogP contribution in [0.5, 0.6) is 11.5 Å². The lowest BCUT2D eigenvalue weighted by Gasteiger charge is -2.12. The number of aromatic nitrogens is 1. The first-order valence-corrected chi connectivity index (χ1v) is 8.06. The van der Waals surface area contributed by atoms with E-state index < -0.39 is 0 Å². The van der Waals surface area contributed by atoms with Crippen LogP contribution in [-0.4, -0.2) is 31.3 Å². The van der Waals surface area contributed by atoms with Crippen molar-refractivity contribution in [2.45, 2.75) is 13.0 Å². The molecule has 1 aromatic heterocycles. The van der Waals surface area contributed by atoms with Gasteiger partial charge in [0.1, 0.15) is 5.15 Å². The zero-order chi connectivity index (χ0) is 16.8. The minimum Gasteiger partial charge on any atom is -0.454 e. The fourth-order valence-electron chi connectivity index (χ4n) is 2.34. The van der Waals surface area contributed by atoms with Crippen LogP contribution in [-0.2, 0) is 13.0 Å². The maximum Gasteiger partial charge on any atom is 0.231 e. The van der Waals surface area contributed by atoms with Crippen molar-refractivity contribution in [1.29, 1.82) is 0 Å². The molecule has 2 N–H and O–H groups in total. The minimum atomic E-state index is 0.287. The Morgan fingerprint density at radius 1 is 1.17 bits per heavy atom. The number of nitrogens with one attached hydrogen (secondary N) is 2. The van der Waals surface area contributed by atoms with E-state index in [2.05, 4.69) is 20.6 Å². The van der Waals surface area contributed by atoms with Crippen molar-refractivity contribution in [1.82, 2.24) is 15.6 Å². The molecule has 0 amide bonds. The third-order valence-electron chi connectivity index (χ3n) is 3.62. The standard InChI is InChI=1S/C17H19ClN4O2/c1-19-17(20-7-6-12-3-5-16(18)21-9-12)22-10-13-2-4-14-15(8-13)24-11-23-14/h2-5,8-9H,6-7,10-11H2,1H3,(H2,19,20,22). The molecule has 126 valence electrons. The maximum atomic E-state index is 5.78. The molecule has 1 aromatic carbocycles. The molecule has 0 saturated carbocycles. The summed E-state index contributed by atoms with van der Waals surface area (Å²) in [6.45, 7) is 1.69. The molecule has 1 aliphatic rings. The van der Waals surface area contributed by atoms with Gasteiger partial charge in [-0.05, 0) is 35.7 Å². The average molecular weight is 347 g/mol. The van der Waals surface area contributed by atoms with Crippen LogP contribution in [0.15, 0.2) is 41.5 Å². The number of halogens is 1. The van der Waals surface area contributed by atoms with Gasteiger partial charge in [-0.25, -0.2) is 4.98 Å². The summed E-state index contributed by atoms with van der Waals surface area (Å²) < 4.78 is 10.7. The Hall–Kier alpha value is -2.47. The Kier molecular flexibility index (Phi) is 5.38. The van der Waals surface area contributed by atoms with Crippen molar-refractivity contribution >= 4 is 17.6 Å². The Labute approximate surface area is 145 Å². The van der Waals surface area contributed by atoms with E-state index in [1.165, 1.54) is 0 Å². The fourth-order valence-corrected chi connectivity index (χ4v) is 2.45. The summed E-state index contributed by atoms with van der Waals surface area (Å²) in [5.74, 6) is 2.32. The van der Waals surface area contributed by atoms with Crippen LogP contribution in [0.3, 0.4) is 0 Å². The second-order valence-corrected chi connectivity index (χ2v) is 5.67. The van der Waals surface area contributed by atoms with E-state index in [1.807, 2.05) is 24.3 Å². The summed E-state index contributed by atoms with van der Waals surface area (Å²) in [4.78, 5) is 8.29. The molecule has 3 rings (SSSR count). The highest BCUT2D eigenvalue weighted by atomic mass is 35.5. The van der Waals surface area contributed by atoms with Gasteiger partial charge in [0.05, 0.1) is 0 Å². The Balaban J connectivity index is 1.46. The number of pyridine rings is 1. The molecule has 6 nitrogen and oxygen atoms in total. The molecular weight excluding hydrogens is 328 g/mol. The fraction of sp³-hybridized carbons (Fsp3) is 0.294. The predicted molar refractivity (Wildman–Crippen MR) is 93.7 cm³/mol. The molecule has 7 heteroatoms. The van der Waals surface area contributed by atoms with E-state index >= 15 is 0 Å². The van der Waals surface area contributed by atoms with Crippen molar-refractivity contribution in [3.05, 3.63) is 52.8 Å². The van der Waals surface area contributed by atoms with Crippen LogP contribution >= 0.6 is 11.6 Å². The highest BCUT2D eigenvalue weighted by molar-refractivity contribution is 6.29. The van der Waals surface area contributed by atoms with Crippen molar-refractivity contribution in [3.8, 4) is 11.5 Å². The molecule has 0 unspecified atom stereocenters. The number of aliphatic imine (C=N–C) groups is 1. The maximum absolute atomic E-state index is 5.78. The van der Waals surface area contributed by atoms with Gasteiger partial charge in [0.2, 0.25) is 6.79 Å². The highest BCUT2D eigenvalue weighted by Gasteiger charge is 2.13. The first-order valence-electron chi connectivity index (χ1n) is 7.68. The smallest absolute Gasteiger partial charge is 0.231 e. The number of fused-ring (bicyclic) bond motifs is 1. The number of hydrogen-bond donors (Lipinski definition) is 2. The second-order valence-electron chi connectivity index (χ2n) is 5.28. The first kappa shape index (κ1) is 16.4. The number of guanidine groups is 1. The second kappa shape index (κ2) is 7.88. The topological polar surface area (TPSA) is 67.8 Å². The zero-order valence-electron chi connectivity index (χ0n) is 13.4. The Morgan fingerprint density at radius 2 is 2.00 bits per heavy atom.